The first-order valence-electron chi connectivity index (χ1n) is 7.40. The first-order chi connectivity index (χ1) is 11.5. The van der Waals surface area contributed by atoms with Crippen LogP contribution in [-0.4, -0.2) is 22.9 Å². The minimum atomic E-state index is -1.05. The molecule has 1 fully saturated rings. The molecule has 0 spiro atoms. The van der Waals surface area contributed by atoms with Crippen molar-refractivity contribution in [2.24, 2.45) is 5.92 Å². The molecule has 6 heteroatoms. The van der Waals surface area contributed by atoms with Crippen molar-refractivity contribution in [3.05, 3.63) is 64.7 Å². The number of hydrogen-bond donors (Lipinski definition) is 1. The van der Waals surface area contributed by atoms with Gasteiger partial charge in [-0.25, -0.2) is 4.79 Å². The Morgan fingerprint density at radius 3 is 2.29 bits per heavy atom. The van der Waals surface area contributed by atoms with E-state index in [-0.39, 0.29) is 23.8 Å². The topological polar surface area (TPSA) is 74.7 Å². The number of amides is 2. The average Bonchev–Trinajstić information content (AvgIpc) is 2.83. The van der Waals surface area contributed by atoms with Gasteiger partial charge in [0.05, 0.1) is 17.2 Å². The Morgan fingerprint density at radius 1 is 1.08 bits per heavy atom. The van der Waals surface area contributed by atoms with Gasteiger partial charge in [-0.3, -0.25) is 14.5 Å². The minimum absolute atomic E-state index is 0.107. The molecule has 24 heavy (non-hydrogen) atoms. The SMILES string of the molecule is O=C(O)c1ccc(N2C(=O)C[C@@H](Cc3ccc(Cl)cc3)C2=O)cc1. The third-order valence-electron chi connectivity index (χ3n) is 4.01. The van der Waals surface area contributed by atoms with Crippen molar-refractivity contribution in [3.8, 4) is 0 Å². The second kappa shape index (κ2) is 6.45. The number of carbonyl (C=O) groups excluding carboxylic acids is 2. The van der Waals surface area contributed by atoms with Crippen LogP contribution >= 0.6 is 11.6 Å². The molecule has 1 atom stereocenters. The summed E-state index contributed by atoms with van der Waals surface area (Å²) in [6.45, 7) is 0. The molecule has 0 unspecified atom stereocenters. The van der Waals surface area contributed by atoms with Gasteiger partial charge in [0, 0.05) is 11.4 Å². The highest BCUT2D eigenvalue weighted by Gasteiger charge is 2.39. The van der Waals surface area contributed by atoms with Gasteiger partial charge in [0.2, 0.25) is 11.8 Å². The average molecular weight is 344 g/mol. The Labute approximate surface area is 143 Å². The molecule has 122 valence electrons. The molecule has 0 saturated carbocycles. The number of halogens is 1. The standard InChI is InChI=1S/C18H14ClNO4/c19-14-5-1-11(2-6-14)9-13-10-16(21)20(17(13)22)15-7-3-12(4-8-15)18(23)24/h1-8,13H,9-10H2,(H,23,24)/t13-/m1/s1. The van der Waals surface area contributed by atoms with Gasteiger partial charge in [-0.1, -0.05) is 23.7 Å². The number of carbonyl (C=O) groups is 3. The summed E-state index contributed by atoms with van der Waals surface area (Å²) in [6, 6.07) is 12.9. The van der Waals surface area contributed by atoms with Gasteiger partial charge >= 0.3 is 5.97 Å². The van der Waals surface area contributed by atoms with E-state index in [0.717, 1.165) is 10.5 Å². The zero-order chi connectivity index (χ0) is 17.3. The van der Waals surface area contributed by atoms with E-state index in [4.69, 9.17) is 16.7 Å². The molecular weight excluding hydrogens is 330 g/mol. The van der Waals surface area contributed by atoms with Gasteiger partial charge in [-0.15, -0.1) is 0 Å². The largest absolute Gasteiger partial charge is 0.478 e. The molecular formula is C18H14ClNO4. The molecule has 0 aromatic heterocycles. The van der Waals surface area contributed by atoms with Crippen molar-refractivity contribution < 1.29 is 19.5 Å². The zero-order valence-electron chi connectivity index (χ0n) is 12.6. The summed E-state index contributed by atoms with van der Waals surface area (Å²) in [5.41, 5.74) is 1.44. The number of hydrogen-bond acceptors (Lipinski definition) is 3. The predicted molar refractivity (Wildman–Crippen MR) is 89.2 cm³/mol. The number of nitrogens with zero attached hydrogens (tertiary/aromatic N) is 1. The van der Waals surface area contributed by atoms with Crippen LogP contribution in [0.2, 0.25) is 5.02 Å². The second-order valence-electron chi connectivity index (χ2n) is 5.65. The molecule has 1 heterocycles. The van der Waals surface area contributed by atoms with Crippen molar-refractivity contribution >= 4 is 35.1 Å². The Hall–Kier alpha value is -2.66. The molecule has 2 aromatic carbocycles. The van der Waals surface area contributed by atoms with E-state index in [1.54, 1.807) is 12.1 Å². The molecule has 2 aromatic rings. The van der Waals surface area contributed by atoms with Gasteiger partial charge in [-0.05, 0) is 48.4 Å². The molecule has 2 amide bonds. The summed E-state index contributed by atoms with van der Waals surface area (Å²) in [7, 11) is 0. The lowest BCUT2D eigenvalue weighted by molar-refractivity contribution is -0.122. The highest BCUT2D eigenvalue weighted by molar-refractivity contribution is 6.30. The first kappa shape index (κ1) is 16.2. The molecule has 0 aliphatic carbocycles. The van der Waals surface area contributed by atoms with Gasteiger partial charge in [-0.2, -0.15) is 0 Å². The quantitative estimate of drug-likeness (QED) is 0.865. The van der Waals surface area contributed by atoms with Crippen molar-refractivity contribution in [2.75, 3.05) is 4.90 Å². The third-order valence-corrected chi connectivity index (χ3v) is 4.26. The van der Waals surface area contributed by atoms with Crippen LogP contribution < -0.4 is 4.90 Å². The molecule has 0 bridgehead atoms. The molecule has 1 saturated heterocycles. The van der Waals surface area contributed by atoms with Crippen molar-refractivity contribution in [1.29, 1.82) is 0 Å². The monoisotopic (exact) mass is 343 g/mol. The van der Waals surface area contributed by atoms with Crippen LogP contribution in [0.4, 0.5) is 5.69 Å². The molecule has 3 rings (SSSR count). The van der Waals surface area contributed by atoms with Crippen LogP contribution in [0.25, 0.3) is 0 Å². The lowest BCUT2D eigenvalue weighted by Gasteiger charge is -2.15. The number of carboxylic acids is 1. The Balaban J connectivity index is 1.78. The fourth-order valence-electron chi connectivity index (χ4n) is 2.78. The van der Waals surface area contributed by atoms with E-state index < -0.39 is 11.9 Å². The van der Waals surface area contributed by atoms with Crippen molar-refractivity contribution in [1.82, 2.24) is 0 Å². The van der Waals surface area contributed by atoms with Crippen LogP contribution in [0, 0.1) is 5.92 Å². The summed E-state index contributed by atoms with van der Waals surface area (Å²) in [4.78, 5) is 36.8. The van der Waals surface area contributed by atoms with Crippen LogP contribution in [-0.2, 0) is 16.0 Å². The fraction of sp³-hybridized carbons (Fsp3) is 0.167. The second-order valence-corrected chi connectivity index (χ2v) is 6.09. The third kappa shape index (κ3) is 3.16. The summed E-state index contributed by atoms with van der Waals surface area (Å²) in [5.74, 6) is -2.01. The highest BCUT2D eigenvalue weighted by atomic mass is 35.5. The van der Waals surface area contributed by atoms with E-state index in [1.807, 2.05) is 12.1 Å². The van der Waals surface area contributed by atoms with E-state index >= 15 is 0 Å². The van der Waals surface area contributed by atoms with E-state index in [9.17, 15) is 14.4 Å². The van der Waals surface area contributed by atoms with Gasteiger partial charge in [0.1, 0.15) is 0 Å². The molecule has 0 radical (unpaired) electrons. The van der Waals surface area contributed by atoms with Crippen molar-refractivity contribution in [3.63, 3.8) is 0 Å². The predicted octanol–water partition coefficient (Wildman–Crippen LogP) is 3.16. The normalized spacial score (nSPS) is 17.4. The number of carboxylic acid groups (broad SMARTS) is 1. The summed E-state index contributed by atoms with van der Waals surface area (Å²) in [5, 5.41) is 9.53. The number of aromatic carboxylic acids is 1. The number of rotatable bonds is 4. The lowest BCUT2D eigenvalue weighted by atomic mass is 9.98. The summed E-state index contributed by atoms with van der Waals surface area (Å²) in [6.07, 6.45) is 0.605. The fourth-order valence-corrected chi connectivity index (χ4v) is 2.91. The maximum absolute atomic E-state index is 12.6. The molecule has 1 aliphatic rings. The smallest absolute Gasteiger partial charge is 0.335 e. The zero-order valence-corrected chi connectivity index (χ0v) is 13.4. The maximum atomic E-state index is 12.6. The van der Waals surface area contributed by atoms with Gasteiger partial charge < -0.3 is 5.11 Å². The first-order valence-corrected chi connectivity index (χ1v) is 7.78. The molecule has 5 nitrogen and oxygen atoms in total. The Bertz CT molecular complexity index is 799. The molecule has 1 N–H and O–H groups in total. The van der Waals surface area contributed by atoms with E-state index in [1.165, 1.54) is 24.3 Å². The number of imide groups is 1. The molecule has 1 aliphatic heterocycles. The number of benzene rings is 2. The van der Waals surface area contributed by atoms with E-state index in [2.05, 4.69) is 0 Å². The van der Waals surface area contributed by atoms with Crippen molar-refractivity contribution in [2.45, 2.75) is 12.8 Å². The van der Waals surface area contributed by atoms with Crippen LogP contribution in [0.3, 0.4) is 0 Å². The van der Waals surface area contributed by atoms with Gasteiger partial charge in [0.15, 0.2) is 0 Å². The Kier molecular flexibility index (Phi) is 4.36. The summed E-state index contributed by atoms with van der Waals surface area (Å²) < 4.78 is 0. The lowest BCUT2D eigenvalue weighted by Crippen LogP contribution is -2.30. The summed E-state index contributed by atoms with van der Waals surface area (Å²) >= 11 is 5.85. The van der Waals surface area contributed by atoms with Crippen LogP contribution in [0.15, 0.2) is 48.5 Å². The highest BCUT2D eigenvalue weighted by Crippen LogP contribution is 2.29. The maximum Gasteiger partial charge on any atom is 0.335 e. The van der Waals surface area contributed by atoms with E-state index in [0.29, 0.717) is 17.1 Å². The minimum Gasteiger partial charge on any atom is -0.478 e. The van der Waals surface area contributed by atoms with Crippen LogP contribution in [0.1, 0.15) is 22.3 Å². The Morgan fingerprint density at radius 2 is 1.71 bits per heavy atom. The van der Waals surface area contributed by atoms with Gasteiger partial charge in [0.25, 0.3) is 0 Å². The van der Waals surface area contributed by atoms with Crippen LogP contribution in [0.5, 0.6) is 0 Å². The number of anilines is 1.